The number of carbonyl (C=O) groups excluding carboxylic acids is 1. The van der Waals surface area contributed by atoms with Crippen LogP contribution in [0.4, 0.5) is 5.69 Å². The number of anilines is 1. The standard InChI is InChI=1S/C19H16N2O3/c22-13-14-5-4-6-15(11-14)21-19(23)18-12-17(9-10-20-18)24-16-7-2-1-3-8-16/h1-12,22H,13H2,(H,21,23). The van der Waals surface area contributed by atoms with Crippen LogP contribution in [0.5, 0.6) is 11.5 Å². The normalized spacial score (nSPS) is 10.2. The fraction of sp³-hybridized carbons (Fsp3) is 0.0526. The van der Waals surface area contributed by atoms with Crippen molar-refractivity contribution >= 4 is 11.6 Å². The van der Waals surface area contributed by atoms with Gasteiger partial charge in [0.2, 0.25) is 0 Å². The number of nitrogens with one attached hydrogen (secondary N) is 1. The first-order valence-electron chi connectivity index (χ1n) is 7.45. The minimum Gasteiger partial charge on any atom is -0.457 e. The molecule has 3 rings (SSSR count). The zero-order valence-corrected chi connectivity index (χ0v) is 12.8. The number of nitrogens with zero attached hydrogens (tertiary/aromatic N) is 1. The lowest BCUT2D eigenvalue weighted by molar-refractivity contribution is 0.102. The van der Waals surface area contributed by atoms with Gasteiger partial charge in [-0.3, -0.25) is 9.78 Å². The molecule has 0 spiro atoms. The lowest BCUT2D eigenvalue weighted by atomic mass is 10.2. The Morgan fingerprint density at radius 2 is 1.83 bits per heavy atom. The second kappa shape index (κ2) is 7.39. The molecule has 0 aliphatic rings. The third-order valence-corrected chi connectivity index (χ3v) is 3.31. The number of carbonyl (C=O) groups is 1. The highest BCUT2D eigenvalue weighted by molar-refractivity contribution is 6.03. The molecule has 0 fully saturated rings. The minimum atomic E-state index is -0.344. The Labute approximate surface area is 139 Å². The molecule has 5 nitrogen and oxygen atoms in total. The Balaban J connectivity index is 1.74. The molecule has 0 atom stereocenters. The zero-order chi connectivity index (χ0) is 16.8. The largest absolute Gasteiger partial charge is 0.457 e. The van der Waals surface area contributed by atoms with Crippen molar-refractivity contribution in [2.24, 2.45) is 0 Å². The molecule has 24 heavy (non-hydrogen) atoms. The summed E-state index contributed by atoms with van der Waals surface area (Å²) in [5.74, 6) is 0.875. The van der Waals surface area contributed by atoms with E-state index in [0.29, 0.717) is 17.2 Å². The molecule has 0 aliphatic heterocycles. The van der Waals surface area contributed by atoms with Gasteiger partial charge >= 0.3 is 0 Å². The van der Waals surface area contributed by atoms with Crippen LogP contribution in [0.2, 0.25) is 0 Å². The maximum Gasteiger partial charge on any atom is 0.274 e. The molecule has 2 aromatic carbocycles. The van der Waals surface area contributed by atoms with E-state index < -0.39 is 0 Å². The van der Waals surface area contributed by atoms with E-state index in [0.717, 1.165) is 5.56 Å². The molecule has 1 aromatic heterocycles. The molecule has 1 amide bonds. The van der Waals surface area contributed by atoms with E-state index in [1.165, 1.54) is 6.20 Å². The summed E-state index contributed by atoms with van der Waals surface area (Å²) < 4.78 is 5.70. The minimum absolute atomic E-state index is 0.0810. The number of para-hydroxylation sites is 1. The van der Waals surface area contributed by atoms with Crippen molar-refractivity contribution in [2.75, 3.05) is 5.32 Å². The van der Waals surface area contributed by atoms with Crippen LogP contribution < -0.4 is 10.1 Å². The highest BCUT2D eigenvalue weighted by Crippen LogP contribution is 2.21. The molecule has 1 heterocycles. The summed E-state index contributed by atoms with van der Waals surface area (Å²) >= 11 is 0. The second-order valence-electron chi connectivity index (χ2n) is 5.10. The molecule has 0 saturated carbocycles. The van der Waals surface area contributed by atoms with Gasteiger partial charge in [-0.25, -0.2) is 0 Å². The number of hydrogen-bond acceptors (Lipinski definition) is 4. The van der Waals surface area contributed by atoms with E-state index in [1.807, 2.05) is 30.3 Å². The van der Waals surface area contributed by atoms with Gasteiger partial charge in [0.25, 0.3) is 5.91 Å². The third kappa shape index (κ3) is 3.97. The van der Waals surface area contributed by atoms with E-state index in [9.17, 15) is 4.79 Å². The number of aliphatic hydroxyl groups excluding tert-OH is 1. The van der Waals surface area contributed by atoms with E-state index in [2.05, 4.69) is 10.3 Å². The van der Waals surface area contributed by atoms with E-state index in [-0.39, 0.29) is 18.2 Å². The summed E-state index contributed by atoms with van der Waals surface area (Å²) in [5, 5.41) is 11.9. The van der Waals surface area contributed by atoms with E-state index >= 15 is 0 Å². The van der Waals surface area contributed by atoms with Crippen molar-refractivity contribution in [3.8, 4) is 11.5 Å². The van der Waals surface area contributed by atoms with Crippen LogP contribution in [0, 0.1) is 0 Å². The smallest absolute Gasteiger partial charge is 0.274 e. The maximum atomic E-state index is 12.3. The Morgan fingerprint density at radius 1 is 1.00 bits per heavy atom. The van der Waals surface area contributed by atoms with Gasteiger partial charge in [-0.05, 0) is 35.9 Å². The second-order valence-corrected chi connectivity index (χ2v) is 5.10. The molecule has 0 bridgehead atoms. The topological polar surface area (TPSA) is 71.5 Å². The quantitative estimate of drug-likeness (QED) is 0.753. The van der Waals surface area contributed by atoms with Crippen molar-refractivity contribution < 1.29 is 14.6 Å². The highest BCUT2D eigenvalue weighted by atomic mass is 16.5. The predicted molar refractivity (Wildman–Crippen MR) is 91.1 cm³/mol. The van der Waals surface area contributed by atoms with Crippen LogP contribution in [0.3, 0.4) is 0 Å². The molecule has 0 aliphatic carbocycles. The van der Waals surface area contributed by atoms with Crippen molar-refractivity contribution in [3.05, 3.63) is 84.2 Å². The summed E-state index contributed by atoms with van der Waals surface area (Å²) in [6, 6.07) is 19.6. The molecule has 120 valence electrons. The van der Waals surface area contributed by atoms with Crippen LogP contribution in [-0.4, -0.2) is 16.0 Å². The molecular weight excluding hydrogens is 304 g/mol. The van der Waals surface area contributed by atoms with Crippen LogP contribution in [0.15, 0.2) is 72.9 Å². The lowest BCUT2D eigenvalue weighted by Gasteiger charge is -2.08. The van der Waals surface area contributed by atoms with Gasteiger partial charge in [0.05, 0.1) is 6.61 Å². The van der Waals surface area contributed by atoms with E-state index in [4.69, 9.17) is 9.84 Å². The third-order valence-electron chi connectivity index (χ3n) is 3.31. The van der Waals surface area contributed by atoms with Gasteiger partial charge in [0.15, 0.2) is 0 Å². The molecule has 0 saturated heterocycles. The molecule has 0 unspecified atom stereocenters. The van der Waals surface area contributed by atoms with Gasteiger partial charge < -0.3 is 15.2 Å². The fourth-order valence-electron chi connectivity index (χ4n) is 2.17. The van der Waals surface area contributed by atoms with Gasteiger partial charge in [0, 0.05) is 18.0 Å². The molecule has 0 radical (unpaired) electrons. The summed E-state index contributed by atoms with van der Waals surface area (Å²) in [6.45, 7) is -0.0810. The number of amides is 1. The maximum absolute atomic E-state index is 12.3. The average Bonchev–Trinajstić information content (AvgIpc) is 2.63. The SMILES string of the molecule is O=C(Nc1cccc(CO)c1)c1cc(Oc2ccccc2)ccn1. The first kappa shape index (κ1) is 15.7. The van der Waals surface area contributed by atoms with Gasteiger partial charge in [0.1, 0.15) is 17.2 Å². The number of hydrogen-bond donors (Lipinski definition) is 2. The van der Waals surface area contributed by atoms with Crippen LogP contribution in [0.25, 0.3) is 0 Å². The van der Waals surface area contributed by atoms with Crippen LogP contribution >= 0.6 is 0 Å². The lowest BCUT2D eigenvalue weighted by Crippen LogP contribution is -2.13. The summed E-state index contributed by atoms with van der Waals surface area (Å²) in [4.78, 5) is 16.4. The highest BCUT2D eigenvalue weighted by Gasteiger charge is 2.10. The number of benzene rings is 2. The van der Waals surface area contributed by atoms with Crippen molar-refractivity contribution in [1.82, 2.24) is 4.98 Å². The monoisotopic (exact) mass is 320 g/mol. The molecular formula is C19H16N2O3. The molecule has 3 aromatic rings. The van der Waals surface area contributed by atoms with Crippen molar-refractivity contribution in [2.45, 2.75) is 6.61 Å². The Morgan fingerprint density at radius 3 is 2.62 bits per heavy atom. The number of rotatable bonds is 5. The average molecular weight is 320 g/mol. The Hall–Kier alpha value is -3.18. The predicted octanol–water partition coefficient (Wildman–Crippen LogP) is 3.62. The molecule has 2 N–H and O–H groups in total. The summed E-state index contributed by atoms with van der Waals surface area (Å²) in [7, 11) is 0. The Bertz CT molecular complexity index is 835. The number of aliphatic hydroxyl groups is 1. The first-order chi connectivity index (χ1) is 11.7. The van der Waals surface area contributed by atoms with Crippen molar-refractivity contribution in [1.29, 1.82) is 0 Å². The zero-order valence-electron chi connectivity index (χ0n) is 12.8. The Kier molecular flexibility index (Phi) is 4.84. The number of aromatic nitrogens is 1. The number of pyridine rings is 1. The summed E-state index contributed by atoms with van der Waals surface area (Å²) in [6.07, 6.45) is 1.53. The van der Waals surface area contributed by atoms with E-state index in [1.54, 1.807) is 36.4 Å². The summed E-state index contributed by atoms with van der Waals surface area (Å²) in [5.41, 5.74) is 1.57. The van der Waals surface area contributed by atoms with Crippen molar-refractivity contribution in [3.63, 3.8) is 0 Å². The first-order valence-corrected chi connectivity index (χ1v) is 7.45. The van der Waals surface area contributed by atoms with Crippen LogP contribution in [-0.2, 0) is 6.61 Å². The molecule has 5 heteroatoms. The fourth-order valence-corrected chi connectivity index (χ4v) is 2.17. The van der Waals surface area contributed by atoms with Crippen LogP contribution in [0.1, 0.15) is 16.1 Å². The van der Waals surface area contributed by atoms with Gasteiger partial charge in [-0.2, -0.15) is 0 Å². The van der Waals surface area contributed by atoms with Gasteiger partial charge in [-0.1, -0.05) is 30.3 Å². The van der Waals surface area contributed by atoms with Gasteiger partial charge in [-0.15, -0.1) is 0 Å². The number of ether oxygens (including phenoxy) is 1.